The summed E-state index contributed by atoms with van der Waals surface area (Å²) in [6.07, 6.45) is 0. The van der Waals surface area contributed by atoms with E-state index in [2.05, 4.69) is 0 Å². The molecule has 0 N–H and O–H groups in total. The van der Waals surface area contributed by atoms with Crippen molar-refractivity contribution < 1.29 is 14.5 Å². The molecule has 1 fully saturated rings. The minimum absolute atomic E-state index is 0.0741. The lowest BCUT2D eigenvalue weighted by Gasteiger charge is -2.39. The van der Waals surface area contributed by atoms with Gasteiger partial charge in [-0.3, -0.25) is 19.7 Å². The number of anilines is 1. The van der Waals surface area contributed by atoms with Crippen molar-refractivity contribution in [3.63, 3.8) is 0 Å². The second kappa shape index (κ2) is 6.95. The molecule has 0 bridgehead atoms. The Bertz CT molecular complexity index is 863. The van der Waals surface area contributed by atoms with Crippen LogP contribution in [0.15, 0.2) is 48.5 Å². The number of nitrogens with zero attached hydrogens (tertiary/aromatic N) is 3. The van der Waals surface area contributed by atoms with Crippen LogP contribution in [0.5, 0.6) is 0 Å². The number of hydrogen-bond acceptors (Lipinski definition) is 4. The van der Waals surface area contributed by atoms with E-state index in [0.717, 1.165) is 11.3 Å². The first-order valence-corrected chi connectivity index (χ1v) is 8.32. The molecule has 1 saturated heterocycles. The van der Waals surface area contributed by atoms with Crippen molar-refractivity contribution in [2.45, 2.75) is 19.9 Å². The fourth-order valence-electron chi connectivity index (χ4n) is 3.09. The van der Waals surface area contributed by atoms with Crippen molar-refractivity contribution in [3.05, 3.63) is 69.8 Å². The molecular formula is C19H19N3O4. The van der Waals surface area contributed by atoms with Gasteiger partial charge in [0.05, 0.1) is 4.92 Å². The first-order valence-electron chi connectivity index (χ1n) is 8.32. The van der Waals surface area contributed by atoms with Crippen LogP contribution in [0.2, 0.25) is 0 Å². The van der Waals surface area contributed by atoms with Crippen LogP contribution in [0, 0.1) is 17.0 Å². The molecule has 1 aliphatic rings. The van der Waals surface area contributed by atoms with E-state index >= 15 is 0 Å². The molecule has 1 atom stereocenters. The topological polar surface area (TPSA) is 83.8 Å². The van der Waals surface area contributed by atoms with Crippen LogP contribution in [0.3, 0.4) is 0 Å². The van der Waals surface area contributed by atoms with Crippen LogP contribution >= 0.6 is 0 Å². The first kappa shape index (κ1) is 17.6. The summed E-state index contributed by atoms with van der Waals surface area (Å²) in [4.78, 5) is 38.9. The van der Waals surface area contributed by atoms with Gasteiger partial charge in [0.25, 0.3) is 11.6 Å². The number of piperazine rings is 1. The van der Waals surface area contributed by atoms with Crippen molar-refractivity contribution >= 4 is 23.2 Å². The maximum Gasteiger partial charge on any atom is 0.269 e. The number of rotatable bonds is 3. The molecule has 0 spiro atoms. The average molecular weight is 353 g/mol. The smallest absolute Gasteiger partial charge is 0.269 e. The number of hydrogen-bond donors (Lipinski definition) is 0. The molecule has 0 unspecified atom stereocenters. The summed E-state index contributed by atoms with van der Waals surface area (Å²) in [5, 5.41) is 10.7. The van der Waals surface area contributed by atoms with E-state index in [1.807, 2.05) is 31.2 Å². The lowest BCUT2D eigenvalue weighted by atomic mass is 10.1. The van der Waals surface area contributed by atoms with Crippen molar-refractivity contribution in [1.29, 1.82) is 0 Å². The highest BCUT2D eigenvalue weighted by Crippen LogP contribution is 2.23. The maximum atomic E-state index is 12.8. The van der Waals surface area contributed by atoms with E-state index < -0.39 is 11.0 Å². The Morgan fingerprint density at radius 2 is 1.85 bits per heavy atom. The molecule has 2 amide bonds. The summed E-state index contributed by atoms with van der Waals surface area (Å²) in [6.45, 7) is 4.47. The molecule has 1 heterocycles. The number of non-ortho nitro benzene ring substituents is 1. The van der Waals surface area contributed by atoms with Crippen LogP contribution in [0.4, 0.5) is 11.4 Å². The van der Waals surface area contributed by atoms with Gasteiger partial charge >= 0.3 is 0 Å². The van der Waals surface area contributed by atoms with Crippen LogP contribution in [-0.4, -0.2) is 40.8 Å². The van der Waals surface area contributed by atoms with Gasteiger partial charge in [0.15, 0.2) is 0 Å². The van der Waals surface area contributed by atoms with Gasteiger partial charge in [-0.05, 0) is 43.7 Å². The number of carbonyl (C=O) groups excluding carboxylic acids is 2. The van der Waals surface area contributed by atoms with Crippen molar-refractivity contribution in [3.8, 4) is 0 Å². The third kappa shape index (κ3) is 3.28. The highest BCUT2D eigenvalue weighted by Gasteiger charge is 2.35. The largest absolute Gasteiger partial charge is 0.325 e. The summed E-state index contributed by atoms with van der Waals surface area (Å²) in [5.41, 5.74) is 2.14. The fourth-order valence-corrected chi connectivity index (χ4v) is 3.09. The van der Waals surface area contributed by atoms with Gasteiger partial charge in [-0.2, -0.15) is 0 Å². The molecule has 7 nitrogen and oxygen atoms in total. The lowest BCUT2D eigenvalue weighted by Crippen LogP contribution is -2.57. The minimum Gasteiger partial charge on any atom is -0.325 e. The van der Waals surface area contributed by atoms with Crippen LogP contribution in [0.1, 0.15) is 22.8 Å². The van der Waals surface area contributed by atoms with Crippen molar-refractivity contribution in [2.24, 2.45) is 0 Å². The maximum absolute atomic E-state index is 12.8. The second-order valence-corrected chi connectivity index (χ2v) is 6.31. The summed E-state index contributed by atoms with van der Waals surface area (Å²) in [7, 11) is 0. The molecule has 0 aliphatic carbocycles. The quantitative estimate of drug-likeness (QED) is 0.627. The van der Waals surface area contributed by atoms with Crippen LogP contribution in [-0.2, 0) is 4.79 Å². The predicted molar refractivity (Wildman–Crippen MR) is 97.1 cm³/mol. The third-order valence-corrected chi connectivity index (χ3v) is 4.55. The molecule has 0 radical (unpaired) electrons. The molecule has 1 aliphatic heterocycles. The number of benzene rings is 2. The monoisotopic (exact) mass is 353 g/mol. The van der Waals surface area contributed by atoms with Gasteiger partial charge in [0.2, 0.25) is 5.91 Å². The van der Waals surface area contributed by atoms with Crippen molar-refractivity contribution in [2.75, 3.05) is 18.0 Å². The Kier molecular flexibility index (Phi) is 4.71. The Balaban J connectivity index is 1.78. The Labute approximate surface area is 151 Å². The van der Waals surface area contributed by atoms with Gasteiger partial charge in [-0.1, -0.05) is 12.1 Å². The zero-order chi connectivity index (χ0) is 18.8. The zero-order valence-corrected chi connectivity index (χ0v) is 14.6. The molecule has 134 valence electrons. The molecule has 0 saturated carbocycles. The third-order valence-electron chi connectivity index (χ3n) is 4.55. The van der Waals surface area contributed by atoms with E-state index in [0.29, 0.717) is 18.7 Å². The fraction of sp³-hybridized carbons (Fsp3) is 0.263. The number of amides is 2. The van der Waals surface area contributed by atoms with Crippen LogP contribution < -0.4 is 4.90 Å². The summed E-state index contributed by atoms with van der Waals surface area (Å²) < 4.78 is 0. The van der Waals surface area contributed by atoms with Gasteiger partial charge in [-0.25, -0.2) is 0 Å². The standard InChI is InChI=1S/C19H19N3O4/c1-13-4-3-5-17(12-13)21-11-10-20(14(2)18(21)23)19(24)15-6-8-16(9-7-15)22(25)26/h3-9,12,14H,10-11H2,1-2H3/t14-/m1/s1. The molecule has 7 heteroatoms. The van der Waals surface area contributed by atoms with E-state index in [4.69, 9.17) is 0 Å². The number of aryl methyl sites for hydroxylation is 1. The zero-order valence-electron chi connectivity index (χ0n) is 14.6. The van der Waals surface area contributed by atoms with Crippen LogP contribution in [0.25, 0.3) is 0 Å². The predicted octanol–water partition coefficient (Wildman–Crippen LogP) is 2.78. The highest BCUT2D eigenvalue weighted by molar-refractivity contribution is 6.03. The van der Waals surface area contributed by atoms with Gasteiger partial charge in [0.1, 0.15) is 6.04 Å². The van der Waals surface area contributed by atoms with E-state index in [-0.39, 0.29) is 17.5 Å². The molecule has 26 heavy (non-hydrogen) atoms. The number of carbonyl (C=O) groups is 2. The Morgan fingerprint density at radius 1 is 1.15 bits per heavy atom. The molecule has 0 aromatic heterocycles. The molecule has 2 aromatic carbocycles. The molecular weight excluding hydrogens is 334 g/mol. The SMILES string of the molecule is Cc1cccc(N2CCN(C(=O)c3ccc([N+](=O)[O-])cc3)[C@H](C)C2=O)c1. The minimum atomic E-state index is -0.605. The number of nitro groups is 1. The summed E-state index contributed by atoms with van der Waals surface area (Å²) in [5.74, 6) is -0.443. The van der Waals surface area contributed by atoms with E-state index in [1.165, 1.54) is 29.2 Å². The van der Waals surface area contributed by atoms with Crippen molar-refractivity contribution in [1.82, 2.24) is 4.90 Å². The molecule has 3 rings (SSSR count). The normalized spacial score (nSPS) is 17.3. The number of nitro benzene ring substituents is 1. The van der Waals surface area contributed by atoms with E-state index in [1.54, 1.807) is 11.8 Å². The average Bonchev–Trinajstić information content (AvgIpc) is 2.63. The second-order valence-electron chi connectivity index (χ2n) is 6.31. The van der Waals surface area contributed by atoms with Gasteiger partial charge in [0, 0.05) is 36.5 Å². The van der Waals surface area contributed by atoms with E-state index in [9.17, 15) is 19.7 Å². The Morgan fingerprint density at radius 3 is 2.46 bits per heavy atom. The summed E-state index contributed by atoms with van der Waals surface area (Å²) in [6, 6.07) is 12.5. The van der Waals surface area contributed by atoms with Gasteiger partial charge in [-0.15, -0.1) is 0 Å². The Hall–Kier alpha value is -3.22. The first-order chi connectivity index (χ1) is 12.4. The summed E-state index contributed by atoms with van der Waals surface area (Å²) >= 11 is 0. The van der Waals surface area contributed by atoms with Gasteiger partial charge < -0.3 is 9.80 Å². The highest BCUT2D eigenvalue weighted by atomic mass is 16.6. The molecule has 2 aromatic rings. The lowest BCUT2D eigenvalue weighted by molar-refractivity contribution is -0.384.